The zero-order valence-electron chi connectivity index (χ0n) is 12.4. The molecule has 0 bridgehead atoms. The number of methoxy groups -OCH3 is 1. The zero-order chi connectivity index (χ0) is 14.4. The third kappa shape index (κ3) is 4.39. The summed E-state index contributed by atoms with van der Waals surface area (Å²) >= 11 is 10.2. The summed E-state index contributed by atoms with van der Waals surface area (Å²) in [5.41, 5.74) is 3.47. The van der Waals surface area contributed by atoms with E-state index in [1.165, 1.54) is 31.2 Å². The van der Waals surface area contributed by atoms with Crippen LogP contribution in [-0.4, -0.2) is 7.11 Å². The van der Waals surface area contributed by atoms with Crippen LogP contribution in [0.5, 0.6) is 5.75 Å². The number of benzene rings is 1. The maximum atomic E-state index is 6.62. The molecule has 0 radical (unpaired) electrons. The minimum atomic E-state index is 0.0306. The van der Waals surface area contributed by atoms with E-state index in [1.54, 1.807) is 7.11 Å². The molecule has 0 aliphatic rings. The second-order valence-corrected chi connectivity index (χ2v) is 6.45. The Morgan fingerprint density at radius 1 is 1.26 bits per heavy atom. The highest BCUT2D eigenvalue weighted by atomic mass is 79.9. The number of hydrogen-bond acceptors (Lipinski definition) is 1. The number of ether oxygens (including phenoxy) is 1. The van der Waals surface area contributed by atoms with Gasteiger partial charge in [-0.2, -0.15) is 0 Å². The van der Waals surface area contributed by atoms with E-state index in [0.29, 0.717) is 0 Å². The van der Waals surface area contributed by atoms with Gasteiger partial charge in [0.25, 0.3) is 0 Å². The highest BCUT2D eigenvalue weighted by Crippen LogP contribution is 2.41. The number of halogens is 2. The van der Waals surface area contributed by atoms with Crippen molar-refractivity contribution in [3.05, 3.63) is 27.2 Å². The van der Waals surface area contributed by atoms with E-state index in [-0.39, 0.29) is 5.38 Å². The average molecular weight is 348 g/mol. The highest BCUT2D eigenvalue weighted by molar-refractivity contribution is 9.10. The maximum absolute atomic E-state index is 6.62. The minimum absolute atomic E-state index is 0.0306. The Morgan fingerprint density at radius 3 is 2.53 bits per heavy atom. The fourth-order valence-corrected chi connectivity index (χ4v) is 3.39. The van der Waals surface area contributed by atoms with Crippen LogP contribution in [0, 0.1) is 13.8 Å². The van der Waals surface area contributed by atoms with Gasteiger partial charge >= 0.3 is 0 Å². The molecule has 1 aromatic carbocycles. The Hall–Kier alpha value is -0.210. The summed E-state index contributed by atoms with van der Waals surface area (Å²) < 4.78 is 6.67. The van der Waals surface area contributed by atoms with Crippen molar-refractivity contribution in [1.82, 2.24) is 0 Å². The molecule has 1 aromatic rings. The largest absolute Gasteiger partial charge is 0.496 e. The Morgan fingerprint density at radius 2 is 1.95 bits per heavy atom. The van der Waals surface area contributed by atoms with Gasteiger partial charge in [0.2, 0.25) is 0 Å². The van der Waals surface area contributed by atoms with Gasteiger partial charge in [-0.25, -0.2) is 0 Å². The van der Waals surface area contributed by atoms with Gasteiger partial charge in [0, 0.05) is 10.0 Å². The molecule has 0 N–H and O–H groups in total. The van der Waals surface area contributed by atoms with E-state index in [4.69, 9.17) is 16.3 Å². The summed E-state index contributed by atoms with van der Waals surface area (Å²) in [4.78, 5) is 0. The molecule has 0 saturated heterocycles. The molecule has 0 saturated carbocycles. The van der Waals surface area contributed by atoms with Crippen LogP contribution in [0.25, 0.3) is 0 Å². The second kappa shape index (κ2) is 8.16. The second-order valence-electron chi connectivity index (χ2n) is 5.06. The molecular weight excluding hydrogens is 324 g/mol. The monoisotopic (exact) mass is 346 g/mol. The van der Waals surface area contributed by atoms with Gasteiger partial charge in [-0.15, -0.1) is 11.6 Å². The predicted octanol–water partition coefficient (Wildman–Crippen LogP) is 6.32. The van der Waals surface area contributed by atoms with Crippen molar-refractivity contribution in [2.75, 3.05) is 7.11 Å². The summed E-state index contributed by atoms with van der Waals surface area (Å²) in [6.07, 6.45) is 5.99. The van der Waals surface area contributed by atoms with Crippen molar-refractivity contribution in [3.63, 3.8) is 0 Å². The van der Waals surface area contributed by atoms with E-state index in [0.717, 1.165) is 27.8 Å². The lowest BCUT2D eigenvalue weighted by molar-refractivity contribution is 0.404. The molecule has 0 aliphatic carbocycles. The first-order valence-electron chi connectivity index (χ1n) is 7.00. The van der Waals surface area contributed by atoms with Crippen LogP contribution in [0.2, 0.25) is 0 Å². The molecule has 1 atom stereocenters. The molecule has 108 valence electrons. The van der Waals surface area contributed by atoms with E-state index >= 15 is 0 Å². The van der Waals surface area contributed by atoms with Crippen LogP contribution in [0.15, 0.2) is 10.5 Å². The van der Waals surface area contributed by atoms with Crippen molar-refractivity contribution in [2.45, 2.75) is 58.3 Å². The lowest BCUT2D eigenvalue weighted by atomic mass is 9.97. The molecule has 0 heterocycles. The number of aryl methyl sites for hydroxylation is 1. The topological polar surface area (TPSA) is 9.23 Å². The molecule has 1 unspecified atom stereocenters. The fourth-order valence-electron chi connectivity index (χ4n) is 2.42. The van der Waals surface area contributed by atoms with Crippen LogP contribution in [0.3, 0.4) is 0 Å². The third-order valence-corrected chi connectivity index (χ3v) is 4.80. The van der Waals surface area contributed by atoms with Crippen LogP contribution >= 0.6 is 27.5 Å². The van der Waals surface area contributed by atoms with Crippen LogP contribution < -0.4 is 4.74 Å². The molecule has 1 rings (SSSR count). The molecule has 0 aliphatic heterocycles. The van der Waals surface area contributed by atoms with Crippen LogP contribution in [-0.2, 0) is 0 Å². The van der Waals surface area contributed by atoms with Crippen molar-refractivity contribution >= 4 is 27.5 Å². The standard InChI is InChI=1S/C16H24BrClO/c1-5-6-7-8-9-14(18)15-12(3)13(17)10-11(2)16(15)19-4/h10,14H,5-9H2,1-4H3. The molecule has 0 amide bonds. The molecule has 3 heteroatoms. The van der Waals surface area contributed by atoms with Gasteiger partial charge in [0.1, 0.15) is 5.75 Å². The predicted molar refractivity (Wildman–Crippen MR) is 87.5 cm³/mol. The first-order chi connectivity index (χ1) is 9.02. The first kappa shape index (κ1) is 16.8. The molecule has 19 heavy (non-hydrogen) atoms. The molecule has 0 aromatic heterocycles. The summed E-state index contributed by atoms with van der Waals surface area (Å²) in [5, 5.41) is 0.0306. The average Bonchev–Trinajstić information content (AvgIpc) is 2.38. The number of rotatable bonds is 7. The lowest BCUT2D eigenvalue weighted by Gasteiger charge is -2.20. The summed E-state index contributed by atoms with van der Waals surface area (Å²) in [5.74, 6) is 0.941. The zero-order valence-corrected chi connectivity index (χ0v) is 14.7. The molecule has 0 fully saturated rings. The highest BCUT2D eigenvalue weighted by Gasteiger charge is 2.19. The van der Waals surface area contributed by atoms with E-state index in [9.17, 15) is 0 Å². The number of unbranched alkanes of at least 4 members (excludes halogenated alkanes) is 3. The quantitative estimate of drug-likeness (QED) is 0.414. The van der Waals surface area contributed by atoms with Gasteiger partial charge in [0.15, 0.2) is 0 Å². The van der Waals surface area contributed by atoms with Crippen molar-refractivity contribution in [3.8, 4) is 5.75 Å². The molecule has 0 spiro atoms. The van der Waals surface area contributed by atoms with Gasteiger partial charge in [-0.3, -0.25) is 0 Å². The fraction of sp³-hybridized carbons (Fsp3) is 0.625. The van der Waals surface area contributed by atoms with Crippen LogP contribution in [0.4, 0.5) is 0 Å². The Kier molecular flexibility index (Phi) is 7.23. The van der Waals surface area contributed by atoms with E-state index < -0.39 is 0 Å². The smallest absolute Gasteiger partial charge is 0.126 e. The lowest BCUT2D eigenvalue weighted by Crippen LogP contribution is -2.02. The minimum Gasteiger partial charge on any atom is -0.496 e. The van der Waals surface area contributed by atoms with Gasteiger partial charge in [0.05, 0.1) is 12.5 Å². The first-order valence-corrected chi connectivity index (χ1v) is 8.23. The van der Waals surface area contributed by atoms with Gasteiger partial charge < -0.3 is 4.74 Å². The summed E-state index contributed by atoms with van der Waals surface area (Å²) in [6, 6.07) is 2.10. The SMILES string of the molecule is CCCCCCC(Cl)c1c(C)c(Br)cc(C)c1OC. The maximum Gasteiger partial charge on any atom is 0.126 e. The third-order valence-electron chi connectivity index (χ3n) is 3.54. The van der Waals surface area contributed by atoms with E-state index in [1.807, 2.05) is 0 Å². The molecule has 1 nitrogen and oxygen atoms in total. The van der Waals surface area contributed by atoms with Crippen molar-refractivity contribution < 1.29 is 4.74 Å². The Bertz CT molecular complexity index is 418. The normalized spacial score (nSPS) is 12.5. The van der Waals surface area contributed by atoms with Crippen LogP contribution in [0.1, 0.15) is 61.1 Å². The number of hydrogen-bond donors (Lipinski definition) is 0. The van der Waals surface area contributed by atoms with Crippen molar-refractivity contribution in [2.24, 2.45) is 0 Å². The number of alkyl halides is 1. The summed E-state index contributed by atoms with van der Waals surface area (Å²) in [7, 11) is 1.72. The Balaban J connectivity index is 2.91. The van der Waals surface area contributed by atoms with E-state index in [2.05, 4.69) is 42.8 Å². The Labute approximate surface area is 130 Å². The van der Waals surface area contributed by atoms with Gasteiger partial charge in [-0.05, 0) is 37.5 Å². The van der Waals surface area contributed by atoms with Gasteiger partial charge in [-0.1, -0.05) is 48.5 Å². The van der Waals surface area contributed by atoms with Crippen molar-refractivity contribution in [1.29, 1.82) is 0 Å². The summed E-state index contributed by atoms with van der Waals surface area (Å²) in [6.45, 7) is 6.39. The molecular formula is C16H24BrClO.